The average Bonchev–Trinajstić information content (AvgIpc) is 2.27. The highest BCUT2D eigenvalue weighted by atomic mass is 35.5. The van der Waals surface area contributed by atoms with Crippen molar-refractivity contribution in [2.75, 3.05) is 18.5 Å². The number of urea groups is 1. The van der Waals surface area contributed by atoms with Crippen LogP contribution in [0.5, 0.6) is 0 Å². The Labute approximate surface area is 106 Å². The van der Waals surface area contributed by atoms with Crippen molar-refractivity contribution in [1.29, 1.82) is 0 Å². The van der Waals surface area contributed by atoms with E-state index in [1.807, 2.05) is 0 Å². The summed E-state index contributed by atoms with van der Waals surface area (Å²) >= 11 is 5.74. The highest BCUT2D eigenvalue weighted by molar-refractivity contribution is 6.30. The summed E-state index contributed by atoms with van der Waals surface area (Å²) in [6, 6.07) is 3.33. The maximum Gasteiger partial charge on any atom is 0.322 e. The van der Waals surface area contributed by atoms with Gasteiger partial charge < -0.3 is 5.32 Å². The first-order valence-corrected chi connectivity index (χ1v) is 6.17. The summed E-state index contributed by atoms with van der Waals surface area (Å²) in [5.74, 6) is 1.26. The molecule has 1 aliphatic rings. The van der Waals surface area contributed by atoms with Crippen molar-refractivity contribution < 1.29 is 4.79 Å². The monoisotopic (exact) mass is 253 g/mol. The Morgan fingerprint density at radius 1 is 1.59 bits per heavy atom. The van der Waals surface area contributed by atoms with Gasteiger partial charge in [-0.15, -0.1) is 0 Å². The molecule has 5 heteroatoms. The van der Waals surface area contributed by atoms with E-state index >= 15 is 0 Å². The summed E-state index contributed by atoms with van der Waals surface area (Å²) < 4.78 is 0. The van der Waals surface area contributed by atoms with E-state index in [4.69, 9.17) is 11.6 Å². The Balaban J connectivity index is 1.87. The van der Waals surface area contributed by atoms with Gasteiger partial charge in [-0.1, -0.05) is 18.0 Å². The Bertz CT molecular complexity index is 389. The van der Waals surface area contributed by atoms with Crippen LogP contribution in [0.25, 0.3) is 0 Å². The minimum atomic E-state index is -0.119. The number of carbonyl (C=O) groups excluding carboxylic acids is 1. The van der Waals surface area contributed by atoms with Gasteiger partial charge in [-0.05, 0) is 30.9 Å². The second kappa shape index (κ2) is 5.36. The molecule has 1 aromatic rings. The lowest BCUT2D eigenvalue weighted by atomic mass is 9.85. The predicted molar refractivity (Wildman–Crippen MR) is 68.4 cm³/mol. The molecule has 0 spiro atoms. The molecule has 1 fully saturated rings. The van der Waals surface area contributed by atoms with E-state index in [1.54, 1.807) is 19.2 Å². The number of hydrogen-bond acceptors (Lipinski definition) is 2. The quantitative estimate of drug-likeness (QED) is 0.900. The molecule has 92 valence electrons. The molecular weight excluding hydrogens is 238 g/mol. The number of hydrogen-bond donors (Lipinski definition) is 1. The zero-order valence-corrected chi connectivity index (χ0v) is 10.6. The second-order valence-corrected chi connectivity index (χ2v) is 4.81. The van der Waals surface area contributed by atoms with Gasteiger partial charge in [0.1, 0.15) is 5.82 Å². The van der Waals surface area contributed by atoms with E-state index in [-0.39, 0.29) is 6.03 Å². The molecule has 0 aromatic carbocycles. The normalized spacial score (nSPS) is 15.2. The highest BCUT2D eigenvalue weighted by Gasteiger charge is 2.19. The first-order valence-electron chi connectivity index (χ1n) is 5.80. The van der Waals surface area contributed by atoms with Gasteiger partial charge in [0.2, 0.25) is 0 Å². The molecule has 0 bridgehead atoms. The van der Waals surface area contributed by atoms with E-state index in [0.29, 0.717) is 16.8 Å². The predicted octanol–water partition coefficient (Wildman–Crippen LogP) is 2.68. The van der Waals surface area contributed by atoms with Crippen LogP contribution >= 0.6 is 11.6 Å². The molecule has 0 aliphatic heterocycles. The molecule has 1 aliphatic carbocycles. The van der Waals surface area contributed by atoms with Gasteiger partial charge in [0, 0.05) is 19.8 Å². The van der Waals surface area contributed by atoms with Crippen LogP contribution in [0.1, 0.15) is 19.3 Å². The fourth-order valence-corrected chi connectivity index (χ4v) is 1.83. The van der Waals surface area contributed by atoms with Gasteiger partial charge >= 0.3 is 6.03 Å². The Kier molecular flexibility index (Phi) is 3.84. The first-order chi connectivity index (χ1) is 8.16. The van der Waals surface area contributed by atoms with Crippen molar-refractivity contribution in [3.8, 4) is 0 Å². The minimum absolute atomic E-state index is 0.119. The van der Waals surface area contributed by atoms with E-state index in [1.165, 1.54) is 30.4 Å². The molecule has 1 saturated carbocycles. The third kappa shape index (κ3) is 3.09. The largest absolute Gasteiger partial charge is 0.337 e. The van der Waals surface area contributed by atoms with Crippen molar-refractivity contribution in [2.24, 2.45) is 5.92 Å². The summed E-state index contributed by atoms with van der Waals surface area (Å²) in [4.78, 5) is 17.4. The molecule has 17 heavy (non-hydrogen) atoms. The molecule has 0 radical (unpaired) electrons. The molecule has 1 N–H and O–H groups in total. The zero-order valence-electron chi connectivity index (χ0n) is 9.82. The summed E-state index contributed by atoms with van der Waals surface area (Å²) in [5.41, 5.74) is 0. The van der Waals surface area contributed by atoms with Gasteiger partial charge in [-0.25, -0.2) is 9.78 Å². The summed E-state index contributed by atoms with van der Waals surface area (Å²) in [7, 11) is 1.70. The minimum Gasteiger partial charge on any atom is -0.337 e. The number of rotatable bonds is 3. The number of halogens is 1. The molecule has 1 aromatic heterocycles. The van der Waals surface area contributed by atoms with Crippen molar-refractivity contribution in [3.05, 3.63) is 23.4 Å². The Morgan fingerprint density at radius 2 is 2.35 bits per heavy atom. The number of carbonyl (C=O) groups is 1. The van der Waals surface area contributed by atoms with Gasteiger partial charge in [0.15, 0.2) is 0 Å². The van der Waals surface area contributed by atoms with E-state index in [2.05, 4.69) is 10.3 Å². The molecule has 4 nitrogen and oxygen atoms in total. The molecule has 0 unspecified atom stereocenters. The van der Waals surface area contributed by atoms with Crippen molar-refractivity contribution >= 4 is 23.4 Å². The van der Waals surface area contributed by atoms with E-state index < -0.39 is 0 Å². The third-order valence-corrected chi connectivity index (χ3v) is 3.35. The van der Waals surface area contributed by atoms with Gasteiger partial charge in [0.05, 0.1) is 5.02 Å². The van der Waals surface area contributed by atoms with Crippen LogP contribution in [0.2, 0.25) is 5.02 Å². The van der Waals surface area contributed by atoms with Crippen molar-refractivity contribution in [1.82, 2.24) is 10.3 Å². The van der Waals surface area contributed by atoms with E-state index in [0.717, 1.165) is 6.54 Å². The molecule has 0 atom stereocenters. The lowest BCUT2D eigenvalue weighted by Gasteiger charge is -2.26. The van der Waals surface area contributed by atoms with E-state index in [9.17, 15) is 4.79 Å². The molecule has 2 rings (SSSR count). The zero-order chi connectivity index (χ0) is 12.3. The number of anilines is 1. The smallest absolute Gasteiger partial charge is 0.322 e. The molecule has 0 saturated heterocycles. The second-order valence-electron chi connectivity index (χ2n) is 4.38. The van der Waals surface area contributed by atoms with Gasteiger partial charge in [-0.2, -0.15) is 0 Å². The maximum atomic E-state index is 11.8. The summed E-state index contributed by atoms with van der Waals surface area (Å²) in [6.45, 7) is 0.761. The van der Waals surface area contributed by atoms with Crippen LogP contribution in [-0.2, 0) is 0 Å². The standard InChI is InChI=1S/C12H16ClN3O/c1-16(11-6-5-10(13)8-14-11)12(17)15-7-9-3-2-4-9/h5-6,8-9H,2-4,7H2,1H3,(H,15,17). The van der Waals surface area contributed by atoms with Crippen LogP contribution in [0.3, 0.4) is 0 Å². The number of nitrogens with zero attached hydrogens (tertiary/aromatic N) is 2. The lowest BCUT2D eigenvalue weighted by Crippen LogP contribution is -2.41. The fourth-order valence-electron chi connectivity index (χ4n) is 1.72. The SMILES string of the molecule is CN(C(=O)NCC1CCC1)c1ccc(Cl)cn1. The third-order valence-electron chi connectivity index (χ3n) is 3.13. The van der Waals surface area contributed by atoms with Crippen LogP contribution < -0.4 is 10.2 Å². The molecule has 1 heterocycles. The first kappa shape index (κ1) is 12.2. The van der Waals surface area contributed by atoms with Crippen LogP contribution in [0.4, 0.5) is 10.6 Å². The van der Waals surface area contributed by atoms with Gasteiger partial charge in [-0.3, -0.25) is 4.90 Å². The topological polar surface area (TPSA) is 45.2 Å². The molecule has 2 amide bonds. The molecular formula is C12H16ClN3O. The Hall–Kier alpha value is -1.29. The fraction of sp³-hybridized carbons (Fsp3) is 0.500. The van der Waals surface area contributed by atoms with Crippen molar-refractivity contribution in [2.45, 2.75) is 19.3 Å². The van der Waals surface area contributed by atoms with Crippen LogP contribution in [-0.4, -0.2) is 24.6 Å². The van der Waals surface area contributed by atoms with Crippen LogP contribution in [0, 0.1) is 5.92 Å². The summed E-state index contributed by atoms with van der Waals surface area (Å²) in [6.07, 6.45) is 5.27. The number of pyridine rings is 1. The summed E-state index contributed by atoms with van der Waals surface area (Å²) in [5, 5.41) is 3.48. The number of aromatic nitrogens is 1. The lowest BCUT2D eigenvalue weighted by molar-refractivity contribution is 0.239. The average molecular weight is 254 g/mol. The number of nitrogens with one attached hydrogen (secondary N) is 1. The van der Waals surface area contributed by atoms with Crippen molar-refractivity contribution in [3.63, 3.8) is 0 Å². The van der Waals surface area contributed by atoms with Gasteiger partial charge in [0.25, 0.3) is 0 Å². The maximum absolute atomic E-state index is 11.8. The Morgan fingerprint density at radius 3 is 2.88 bits per heavy atom. The number of amides is 2. The highest BCUT2D eigenvalue weighted by Crippen LogP contribution is 2.25. The van der Waals surface area contributed by atoms with Crippen LogP contribution in [0.15, 0.2) is 18.3 Å².